The maximum atomic E-state index is 6.05. The zero-order chi connectivity index (χ0) is 22.7. The van der Waals surface area contributed by atoms with Gasteiger partial charge in [0.05, 0.1) is 6.33 Å². The summed E-state index contributed by atoms with van der Waals surface area (Å²) < 4.78 is 2.27. The Morgan fingerprint density at radius 1 is 1.09 bits per heavy atom. The van der Waals surface area contributed by atoms with Crippen molar-refractivity contribution in [3.63, 3.8) is 0 Å². The van der Waals surface area contributed by atoms with Crippen LogP contribution in [0.25, 0.3) is 22.6 Å². The lowest BCUT2D eigenvalue weighted by molar-refractivity contribution is 0.182. The van der Waals surface area contributed by atoms with Crippen molar-refractivity contribution in [2.24, 2.45) is 0 Å². The smallest absolute Gasteiger partial charge is 0.166 e. The summed E-state index contributed by atoms with van der Waals surface area (Å²) in [6.07, 6.45) is 8.18. The molecule has 1 aliphatic carbocycles. The maximum absolute atomic E-state index is 6.05. The maximum Gasteiger partial charge on any atom is 0.166 e. The van der Waals surface area contributed by atoms with Crippen LogP contribution in [0.1, 0.15) is 65.8 Å². The van der Waals surface area contributed by atoms with Crippen LogP contribution >= 0.6 is 0 Å². The summed E-state index contributed by atoms with van der Waals surface area (Å²) in [5.41, 5.74) is 9.46. The predicted octanol–water partition coefficient (Wildman–Crippen LogP) is 5.11. The third-order valence-corrected chi connectivity index (χ3v) is 6.52. The molecule has 7 heteroatoms. The third-order valence-electron chi connectivity index (χ3n) is 6.52. The van der Waals surface area contributed by atoms with E-state index in [1.165, 1.54) is 32.1 Å². The molecule has 0 saturated heterocycles. The molecule has 3 N–H and O–H groups in total. The van der Waals surface area contributed by atoms with Crippen molar-refractivity contribution in [1.29, 1.82) is 0 Å². The summed E-state index contributed by atoms with van der Waals surface area (Å²) in [6.45, 7) is 10.7. The van der Waals surface area contributed by atoms with E-state index in [2.05, 4.69) is 42.5 Å². The van der Waals surface area contributed by atoms with E-state index >= 15 is 0 Å². The van der Waals surface area contributed by atoms with Crippen LogP contribution in [-0.4, -0.2) is 49.6 Å². The van der Waals surface area contributed by atoms with Crippen LogP contribution in [0.2, 0.25) is 0 Å². The number of hydrogen-bond donors (Lipinski definition) is 2. The number of nitrogens with zero attached hydrogens (tertiary/aromatic N) is 5. The van der Waals surface area contributed by atoms with Crippen LogP contribution < -0.4 is 11.1 Å². The van der Waals surface area contributed by atoms with Gasteiger partial charge in [-0.15, -0.1) is 0 Å². The Bertz CT molecular complexity index is 1030. The average Bonchev–Trinajstić information content (AvgIpc) is 3.21. The molecule has 0 spiro atoms. The molecule has 4 rings (SSSR count). The van der Waals surface area contributed by atoms with Gasteiger partial charge in [-0.25, -0.2) is 15.0 Å². The largest absolute Gasteiger partial charge is 0.399 e. The van der Waals surface area contributed by atoms with E-state index in [0.717, 1.165) is 35.6 Å². The van der Waals surface area contributed by atoms with E-state index in [1.54, 1.807) is 0 Å². The first-order chi connectivity index (χ1) is 15.4. The lowest BCUT2D eigenvalue weighted by Gasteiger charge is -2.30. The Morgan fingerprint density at radius 3 is 2.53 bits per heavy atom. The first kappa shape index (κ1) is 22.5. The number of hydrogen-bond acceptors (Lipinski definition) is 6. The summed E-state index contributed by atoms with van der Waals surface area (Å²) in [6, 6.07) is 9.24. The summed E-state index contributed by atoms with van der Waals surface area (Å²) in [7, 11) is 0. The molecule has 0 unspecified atom stereocenters. The van der Waals surface area contributed by atoms with Crippen LogP contribution in [0.15, 0.2) is 30.6 Å². The van der Waals surface area contributed by atoms with Crippen LogP contribution in [-0.2, 0) is 0 Å². The molecule has 2 aromatic heterocycles. The van der Waals surface area contributed by atoms with E-state index in [9.17, 15) is 0 Å². The van der Waals surface area contributed by atoms with Crippen LogP contribution in [0, 0.1) is 0 Å². The van der Waals surface area contributed by atoms with Gasteiger partial charge in [0, 0.05) is 42.5 Å². The highest BCUT2D eigenvalue weighted by Gasteiger charge is 2.21. The lowest BCUT2D eigenvalue weighted by Crippen LogP contribution is -2.40. The van der Waals surface area contributed by atoms with Crippen molar-refractivity contribution in [3.8, 4) is 11.4 Å². The van der Waals surface area contributed by atoms with Crippen LogP contribution in [0.4, 0.5) is 11.5 Å². The van der Waals surface area contributed by atoms with E-state index in [4.69, 9.17) is 20.7 Å². The molecule has 172 valence electrons. The van der Waals surface area contributed by atoms with Gasteiger partial charge < -0.3 is 15.6 Å². The van der Waals surface area contributed by atoms with E-state index in [0.29, 0.717) is 29.6 Å². The minimum Gasteiger partial charge on any atom is -0.399 e. The number of imidazole rings is 1. The first-order valence-electron chi connectivity index (χ1n) is 12.0. The van der Waals surface area contributed by atoms with E-state index in [1.807, 2.05) is 30.6 Å². The topological polar surface area (TPSA) is 84.9 Å². The number of benzene rings is 1. The fourth-order valence-electron chi connectivity index (χ4n) is 4.89. The van der Waals surface area contributed by atoms with Crippen molar-refractivity contribution >= 4 is 22.7 Å². The van der Waals surface area contributed by atoms with Gasteiger partial charge in [0.1, 0.15) is 5.52 Å². The third kappa shape index (κ3) is 4.88. The molecule has 2 heterocycles. The highest BCUT2D eigenvalue weighted by Crippen LogP contribution is 2.32. The number of rotatable bonds is 8. The second-order valence-corrected chi connectivity index (χ2v) is 9.49. The predicted molar refractivity (Wildman–Crippen MR) is 133 cm³/mol. The van der Waals surface area contributed by atoms with Gasteiger partial charge in [-0.2, -0.15) is 0 Å². The summed E-state index contributed by atoms with van der Waals surface area (Å²) in [5.74, 6) is 1.49. The zero-order valence-electron chi connectivity index (χ0n) is 19.9. The van der Waals surface area contributed by atoms with Gasteiger partial charge in [-0.05, 0) is 52.7 Å². The van der Waals surface area contributed by atoms with E-state index in [-0.39, 0.29) is 0 Å². The summed E-state index contributed by atoms with van der Waals surface area (Å²) in [4.78, 5) is 17.1. The van der Waals surface area contributed by atoms with Gasteiger partial charge in [-0.1, -0.05) is 31.4 Å². The van der Waals surface area contributed by atoms with Gasteiger partial charge in [0.15, 0.2) is 17.3 Å². The Balaban J connectivity index is 1.69. The van der Waals surface area contributed by atoms with Crippen molar-refractivity contribution in [1.82, 2.24) is 24.4 Å². The molecule has 1 saturated carbocycles. The Morgan fingerprint density at radius 2 is 1.84 bits per heavy atom. The number of fused-ring (bicyclic) bond motifs is 1. The standard InChI is InChI=1S/C25H37N7/c1-17(2)31(18(3)4)14-13-27-24-22-25(32(16-28-22)21-11-6-5-7-12-21)30-23(29-24)19-9-8-10-20(26)15-19/h8-10,15-18,21H,5-7,11-14,26H2,1-4H3,(H,27,29,30). The molecule has 32 heavy (non-hydrogen) atoms. The fraction of sp³-hybridized carbons (Fsp3) is 0.560. The fourth-order valence-corrected chi connectivity index (χ4v) is 4.89. The van der Waals surface area contributed by atoms with Crippen molar-refractivity contribution < 1.29 is 0 Å². The lowest BCUT2D eigenvalue weighted by atomic mass is 9.95. The average molecular weight is 436 g/mol. The zero-order valence-corrected chi connectivity index (χ0v) is 19.9. The van der Waals surface area contributed by atoms with Gasteiger partial charge in [0.25, 0.3) is 0 Å². The first-order valence-corrected chi connectivity index (χ1v) is 12.0. The highest BCUT2D eigenvalue weighted by molar-refractivity contribution is 5.85. The molecule has 0 aliphatic heterocycles. The molecular weight excluding hydrogens is 398 g/mol. The molecule has 1 aromatic carbocycles. The molecular formula is C25H37N7. The molecule has 1 fully saturated rings. The number of anilines is 2. The van der Waals surface area contributed by atoms with Gasteiger partial charge >= 0.3 is 0 Å². The SMILES string of the molecule is CC(C)N(CCNc1nc(-c2cccc(N)c2)nc2c1ncn2C1CCCCC1)C(C)C. The minimum absolute atomic E-state index is 0.461. The molecule has 0 amide bonds. The Labute approximate surface area is 191 Å². The van der Waals surface area contributed by atoms with Crippen LogP contribution in [0.5, 0.6) is 0 Å². The quantitative estimate of drug-likeness (QED) is 0.478. The number of aromatic nitrogens is 4. The van der Waals surface area contributed by atoms with Crippen molar-refractivity contribution in [2.45, 2.75) is 77.9 Å². The van der Waals surface area contributed by atoms with Crippen molar-refractivity contribution in [3.05, 3.63) is 30.6 Å². The molecule has 0 radical (unpaired) electrons. The summed E-state index contributed by atoms with van der Waals surface area (Å²) >= 11 is 0. The second-order valence-electron chi connectivity index (χ2n) is 9.49. The number of nitrogens with two attached hydrogens (primary N) is 1. The van der Waals surface area contributed by atoms with E-state index < -0.39 is 0 Å². The highest BCUT2D eigenvalue weighted by atomic mass is 15.2. The Hall–Kier alpha value is -2.67. The van der Waals surface area contributed by atoms with Gasteiger partial charge in [0.2, 0.25) is 0 Å². The molecule has 1 aliphatic rings. The van der Waals surface area contributed by atoms with Crippen LogP contribution in [0.3, 0.4) is 0 Å². The molecule has 0 atom stereocenters. The number of nitrogens with one attached hydrogen (secondary N) is 1. The summed E-state index contributed by atoms with van der Waals surface area (Å²) in [5, 5.41) is 3.57. The van der Waals surface area contributed by atoms with Gasteiger partial charge in [-0.3, -0.25) is 4.90 Å². The second kappa shape index (κ2) is 9.86. The normalized spacial score (nSPS) is 15.3. The monoisotopic (exact) mass is 435 g/mol. The molecule has 7 nitrogen and oxygen atoms in total. The van der Waals surface area contributed by atoms with Crippen molar-refractivity contribution in [2.75, 3.05) is 24.1 Å². The Kier molecular flexibility index (Phi) is 6.94. The number of nitrogen functional groups attached to an aromatic ring is 1. The minimum atomic E-state index is 0.461. The molecule has 0 bridgehead atoms. The molecule has 3 aromatic rings.